The van der Waals surface area contributed by atoms with Crippen molar-refractivity contribution in [3.63, 3.8) is 0 Å². The molecule has 0 amide bonds. The lowest BCUT2D eigenvalue weighted by Crippen LogP contribution is -2.25. The van der Waals surface area contributed by atoms with E-state index in [0.717, 1.165) is 0 Å². The Morgan fingerprint density at radius 1 is 1.00 bits per heavy atom. The van der Waals surface area contributed by atoms with E-state index in [-0.39, 0.29) is 16.0 Å². The molecular weight excluding hydrogens is 336 g/mol. The van der Waals surface area contributed by atoms with Crippen molar-refractivity contribution in [2.75, 3.05) is 5.73 Å². The highest BCUT2D eigenvalue weighted by Crippen LogP contribution is 2.22. The fourth-order valence-corrected chi connectivity index (χ4v) is 3.91. The molecule has 4 N–H and O–H groups in total. The molecule has 2 heterocycles. The Balaban J connectivity index is 2.03. The first kappa shape index (κ1) is 14.3. The average molecular weight is 346 g/mol. The maximum atomic E-state index is 12.9. The minimum atomic E-state index is -4.21. The van der Waals surface area contributed by atoms with E-state index in [4.69, 9.17) is 10.2 Å². The van der Waals surface area contributed by atoms with Gasteiger partial charge in [0, 0.05) is 11.8 Å². The number of rotatable bonds is 2. The Bertz CT molecular complexity index is 1320. The molecule has 0 radical (unpaired) electrons. The van der Waals surface area contributed by atoms with E-state index in [1.807, 2.05) is 0 Å². The number of nitrogens with two attached hydrogens (primary N) is 1. The van der Waals surface area contributed by atoms with E-state index < -0.39 is 21.5 Å². The fourth-order valence-electron chi connectivity index (χ4n) is 2.53. The SMILES string of the molecule is Nc1ccc2[nH]c(=O)n(S(=O)(=O)c3ccc4[nH]c(=O)oc4c3)c2c1. The standard InChI is InChI=1S/C14H10N4O5S/c15-7-1-3-9-11(5-7)18(13(19)16-9)24(21,22)8-2-4-10-12(6-8)23-14(20)17-10/h1-6H,15H2,(H,16,19)(H,17,20). The molecule has 0 saturated carbocycles. The van der Waals surface area contributed by atoms with Crippen molar-refractivity contribution in [2.24, 2.45) is 0 Å². The first-order valence-corrected chi connectivity index (χ1v) is 8.19. The molecule has 122 valence electrons. The van der Waals surface area contributed by atoms with Crippen molar-refractivity contribution in [3.05, 3.63) is 57.4 Å². The normalized spacial score (nSPS) is 12.2. The molecular formula is C14H10N4O5S. The number of nitrogens with one attached hydrogen (secondary N) is 2. The molecule has 0 unspecified atom stereocenters. The molecule has 10 heteroatoms. The van der Waals surface area contributed by atoms with Crippen LogP contribution in [-0.4, -0.2) is 22.4 Å². The molecule has 2 aromatic heterocycles. The Labute approximate surface area is 133 Å². The summed E-state index contributed by atoms with van der Waals surface area (Å²) >= 11 is 0. The number of benzene rings is 2. The van der Waals surface area contributed by atoms with Gasteiger partial charge >= 0.3 is 11.4 Å². The van der Waals surface area contributed by atoms with Gasteiger partial charge in [-0.25, -0.2) is 18.0 Å². The molecule has 0 aliphatic carbocycles. The van der Waals surface area contributed by atoms with Gasteiger partial charge < -0.3 is 15.1 Å². The van der Waals surface area contributed by atoms with Gasteiger partial charge in [-0.3, -0.25) is 4.98 Å². The van der Waals surface area contributed by atoms with Gasteiger partial charge in [-0.2, -0.15) is 3.97 Å². The van der Waals surface area contributed by atoms with E-state index in [2.05, 4.69) is 9.97 Å². The van der Waals surface area contributed by atoms with Gasteiger partial charge in [-0.15, -0.1) is 0 Å². The molecule has 0 aliphatic rings. The van der Waals surface area contributed by atoms with E-state index in [9.17, 15) is 18.0 Å². The summed E-state index contributed by atoms with van der Waals surface area (Å²) in [7, 11) is -4.21. The summed E-state index contributed by atoms with van der Waals surface area (Å²) in [6.07, 6.45) is 0. The van der Waals surface area contributed by atoms with Crippen molar-refractivity contribution >= 4 is 37.8 Å². The fraction of sp³-hybridized carbons (Fsp3) is 0. The van der Waals surface area contributed by atoms with Gasteiger partial charge in [0.1, 0.15) is 0 Å². The Morgan fingerprint density at radius 2 is 1.75 bits per heavy atom. The number of hydrogen-bond donors (Lipinski definition) is 3. The lowest BCUT2D eigenvalue weighted by molar-refractivity contribution is 0.553. The number of H-pyrrole nitrogens is 2. The maximum Gasteiger partial charge on any atom is 0.417 e. The van der Waals surface area contributed by atoms with Crippen LogP contribution in [0.4, 0.5) is 5.69 Å². The highest BCUT2D eigenvalue weighted by atomic mass is 32.2. The number of fused-ring (bicyclic) bond motifs is 2. The lowest BCUT2D eigenvalue weighted by atomic mass is 10.3. The van der Waals surface area contributed by atoms with E-state index in [1.165, 1.54) is 30.3 Å². The lowest BCUT2D eigenvalue weighted by Gasteiger charge is -2.06. The smallest absolute Gasteiger partial charge is 0.408 e. The van der Waals surface area contributed by atoms with Crippen LogP contribution in [-0.2, 0) is 10.0 Å². The van der Waals surface area contributed by atoms with Crippen molar-refractivity contribution in [3.8, 4) is 0 Å². The van der Waals surface area contributed by atoms with Crippen LogP contribution in [0.2, 0.25) is 0 Å². The average Bonchev–Trinajstić information content (AvgIpc) is 3.04. The molecule has 0 saturated heterocycles. The first-order chi connectivity index (χ1) is 11.4. The van der Waals surface area contributed by atoms with Crippen molar-refractivity contribution < 1.29 is 12.8 Å². The number of nitrogens with zero attached hydrogens (tertiary/aromatic N) is 1. The van der Waals surface area contributed by atoms with Crippen molar-refractivity contribution in [1.82, 2.24) is 13.9 Å². The van der Waals surface area contributed by atoms with E-state index in [1.54, 1.807) is 6.07 Å². The molecule has 0 atom stereocenters. The largest absolute Gasteiger partial charge is 0.417 e. The van der Waals surface area contributed by atoms with Crippen LogP contribution < -0.4 is 17.2 Å². The van der Waals surface area contributed by atoms with Gasteiger partial charge in [-0.1, -0.05) is 0 Å². The minimum absolute atomic E-state index is 0.0773. The Kier molecular flexibility index (Phi) is 2.76. The van der Waals surface area contributed by atoms with Gasteiger partial charge in [0.25, 0.3) is 10.0 Å². The third kappa shape index (κ3) is 1.97. The summed E-state index contributed by atoms with van der Waals surface area (Å²) in [6.45, 7) is 0. The summed E-state index contributed by atoms with van der Waals surface area (Å²) in [5.41, 5.74) is 6.09. The minimum Gasteiger partial charge on any atom is -0.408 e. The second-order valence-electron chi connectivity index (χ2n) is 5.15. The van der Waals surface area contributed by atoms with Gasteiger partial charge in [0.2, 0.25) is 0 Å². The number of hydrogen-bond acceptors (Lipinski definition) is 6. The van der Waals surface area contributed by atoms with E-state index in [0.29, 0.717) is 20.7 Å². The molecule has 2 aromatic carbocycles. The zero-order chi connectivity index (χ0) is 17.1. The number of imidazole rings is 1. The molecule has 24 heavy (non-hydrogen) atoms. The highest BCUT2D eigenvalue weighted by Gasteiger charge is 2.23. The van der Waals surface area contributed by atoms with E-state index >= 15 is 0 Å². The van der Waals surface area contributed by atoms with Crippen LogP contribution in [0.25, 0.3) is 22.1 Å². The molecule has 4 rings (SSSR count). The van der Waals surface area contributed by atoms with Crippen LogP contribution in [0.5, 0.6) is 0 Å². The summed E-state index contributed by atoms with van der Waals surface area (Å²) < 4.78 is 31.2. The topological polar surface area (TPSA) is 144 Å². The predicted octanol–water partition coefficient (Wildman–Crippen LogP) is 0.583. The summed E-state index contributed by atoms with van der Waals surface area (Å²) in [4.78, 5) is 28.0. The van der Waals surface area contributed by atoms with Gasteiger partial charge in [0.15, 0.2) is 5.58 Å². The number of anilines is 1. The van der Waals surface area contributed by atoms with Crippen LogP contribution in [0, 0.1) is 0 Å². The third-order valence-electron chi connectivity index (χ3n) is 3.60. The Hall–Kier alpha value is -3.27. The summed E-state index contributed by atoms with van der Waals surface area (Å²) in [6, 6.07) is 8.31. The molecule has 0 spiro atoms. The van der Waals surface area contributed by atoms with Crippen LogP contribution in [0.3, 0.4) is 0 Å². The summed E-state index contributed by atoms with van der Waals surface area (Å²) in [5, 5.41) is 0. The zero-order valence-electron chi connectivity index (χ0n) is 11.9. The molecule has 0 fully saturated rings. The second kappa shape index (κ2) is 4.61. The highest BCUT2D eigenvalue weighted by molar-refractivity contribution is 7.90. The Morgan fingerprint density at radius 3 is 2.54 bits per heavy atom. The third-order valence-corrected chi connectivity index (χ3v) is 5.29. The molecule has 9 nitrogen and oxygen atoms in total. The van der Waals surface area contributed by atoms with Crippen LogP contribution in [0.1, 0.15) is 0 Å². The molecule has 0 bridgehead atoms. The van der Waals surface area contributed by atoms with Crippen LogP contribution in [0.15, 0.2) is 55.3 Å². The second-order valence-corrected chi connectivity index (χ2v) is 6.94. The molecule has 0 aliphatic heterocycles. The first-order valence-electron chi connectivity index (χ1n) is 6.75. The summed E-state index contributed by atoms with van der Waals surface area (Å²) in [5.74, 6) is -0.698. The number of aromatic amines is 2. The number of oxazole rings is 1. The zero-order valence-corrected chi connectivity index (χ0v) is 12.8. The van der Waals surface area contributed by atoms with Gasteiger partial charge in [0.05, 0.1) is 21.4 Å². The van der Waals surface area contributed by atoms with Crippen LogP contribution >= 0.6 is 0 Å². The number of nitrogen functional groups attached to an aromatic ring is 1. The quantitative estimate of drug-likeness (QED) is 0.453. The molecule has 4 aromatic rings. The maximum absolute atomic E-state index is 12.9. The van der Waals surface area contributed by atoms with Gasteiger partial charge in [-0.05, 0) is 30.3 Å². The predicted molar refractivity (Wildman–Crippen MR) is 86.4 cm³/mol. The van der Waals surface area contributed by atoms with Crippen molar-refractivity contribution in [2.45, 2.75) is 4.90 Å². The number of aromatic nitrogens is 3. The van der Waals surface area contributed by atoms with Crippen molar-refractivity contribution in [1.29, 1.82) is 0 Å². The monoisotopic (exact) mass is 346 g/mol.